The van der Waals surface area contributed by atoms with E-state index in [1.54, 1.807) is 0 Å². The highest BCUT2D eigenvalue weighted by molar-refractivity contribution is 5.91. The SMILES string of the molecule is CC(C)C[C@@H](C#N)NC(=O)[C@H](CC(C)C)NC(=O)[C@H](CC(C)C)NC(=O)OCc1ccccc1. The van der Waals surface area contributed by atoms with Crippen molar-refractivity contribution in [2.45, 2.75) is 85.5 Å². The second-order valence-corrected chi connectivity index (χ2v) is 9.90. The maximum atomic E-state index is 13.1. The van der Waals surface area contributed by atoms with Gasteiger partial charge in [-0.3, -0.25) is 9.59 Å². The minimum Gasteiger partial charge on any atom is -0.445 e. The number of carbonyl (C=O) groups excluding carboxylic acids is 3. The molecule has 34 heavy (non-hydrogen) atoms. The summed E-state index contributed by atoms with van der Waals surface area (Å²) < 4.78 is 5.27. The van der Waals surface area contributed by atoms with Crippen molar-refractivity contribution in [3.8, 4) is 6.07 Å². The van der Waals surface area contributed by atoms with Crippen molar-refractivity contribution in [1.29, 1.82) is 5.26 Å². The third-order valence-corrected chi connectivity index (χ3v) is 5.05. The predicted octanol–water partition coefficient (Wildman–Crippen LogP) is 3.91. The van der Waals surface area contributed by atoms with Gasteiger partial charge < -0.3 is 20.7 Å². The summed E-state index contributed by atoms with van der Waals surface area (Å²) in [5.74, 6) is -0.358. The Bertz CT molecular complexity index is 818. The monoisotopic (exact) mass is 472 g/mol. The lowest BCUT2D eigenvalue weighted by molar-refractivity contribution is -0.130. The molecule has 0 saturated heterocycles. The summed E-state index contributed by atoms with van der Waals surface area (Å²) in [4.78, 5) is 38.4. The molecule has 0 spiro atoms. The molecule has 3 N–H and O–H groups in total. The summed E-state index contributed by atoms with van der Waals surface area (Å²) in [5.41, 5.74) is 0.838. The van der Waals surface area contributed by atoms with Crippen molar-refractivity contribution in [1.82, 2.24) is 16.0 Å². The number of nitriles is 1. The van der Waals surface area contributed by atoms with Crippen LogP contribution in [-0.2, 0) is 20.9 Å². The van der Waals surface area contributed by atoms with E-state index >= 15 is 0 Å². The molecule has 0 radical (unpaired) electrons. The summed E-state index contributed by atoms with van der Waals surface area (Å²) in [7, 11) is 0. The van der Waals surface area contributed by atoms with Crippen molar-refractivity contribution in [3.05, 3.63) is 35.9 Å². The maximum Gasteiger partial charge on any atom is 0.408 e. The number of alkyl carbamates (subject to hydrolysis) is 1. The third-order valence-electron chi connectivity index (χ3n) is 5.05. The first-order valence-corrected chi connectivity index (χ1v) is 12.0. The molecule has 8 heteroatoms. The third kappa shape index (κ3) is 11.7. The van der Waals surface area contributed by atoms with E-state index in [4.69, 9.17) is 4.74 Å². The molecule has 1 aromatic carbocycles. The van der Waals surface area contributed by atoms with Gasteiger partial charge in [-0.1, -0.05) is 71.9 Å². The number of ether oxygens (including phenoxy) is 1. The fourth-order valence-corrected chi connectivity index (χ4v) is 3.47. The van der Waals surface area contributed by atoms with Gasteiger partial charge in [0.2, 0.25) is 11.8 Å². The first-order valence-electron chi connectivity index (χ1n) is 12.0. The Labute approximate surface area is 203 Å². The maximum absolute atomic E-state index is 13.1. The van der Waals surface area contributed by atoms with E-state index in [-0.39, 0.29) is 24.4 Å². The van der Waals surface area contributed by atoms with Crippen LogP contribution in [0.25, 0.3) is 0 Å². The molecule has 0 heterocycles. The lowest BCUT2D eigenvalue weighted by atomic mass is 9.99. The second-order valence-electron chi connectivity index (χ2n) is 9.90. The summed E-state index contributed by atoms with van der Waals surface area (Å²) in [5, 5.41) is 17.5. The highest BCUT2D eigenvalue weighted by Gasteiger charge is 2.29. The number of hydrogen-bond donors (Lipinski definition) is 3. The van der Waals surface area contributed by atoms with Gasteiger partial charge in [0.25, 0.3) is 0 Å². The average molecular weight is 473 g/mol. The van der Waals surface area contributed by atoms with Crippen LogP contribution in [0.4, 0.5) is 4.79 Å². The molecule has 0 unspecified atom stereocenters. The first kappa shape index (κ1) is 29.0. The fraction of sp³-hybridized carbons (Fsp3) is 0.615. The van der Waals surface area contributed by atoms with Crippen molar-refractivity contribution in [2.24, 2.45) is 17.8 Å². The van der Waals surface area contributed by atoms with Crippen LogP contribution in [-0.4, -0.2) is 36.0 Å². The molecular weight excluding hydrogens is 432 g/mol. The molecule has 0 aliphatic heterocycles. The van der Waals surface area contributed by atoms with E-state index in [9.17, 15) is 19.6 Å². The van der Waals surface area contributed by atoms with Gasteiger partial charge in [-0.2, -0.15) is 5.26 Å². The van der Waals surface area contributed by atoms with E-state index < -0.39 is 36.0 Å². The van der Waals surface area contributed by atoms with Crippen LogP contribution in [0, 0.1) is 29.1 Å². The smallest absolute Gasteiger partial charge is 0.408 e. The lowest BCUT2D eigenvalue weighted by Crippen LogP contribution is -2.55. The molecule has 1 aromatic rings. The summed E-state index contributed by atoms with van der Waals surface area (Å²) in [6.07, 6.45) is 0.617. The van der Waals surface area contributed by atoms with Gasteiger partial charge in [0.05, 0.1) is 6.07 Å². The van der Waals surface area contributed by atoms with Gasteiger partial charge in [0, 0.05) is 0 Å². The highest BCUT2D eigenvalue weighted by Crippen LogP contribution is 2.11. The molecular formula is C26H40N4O4. The standard InChI is InChI=1S/C26H40N4O4/c1-17(2)12-21(15-27)28-24(31)22(13-18(3)4)29-25(32)23(14-19(5)6)30-26(33)34-16-20-10-8-7-9-11-20/h7-11,17-19,21-23H,12-14,16H2,1-6H3,(H,28,31)(H,29,32)(H,30,33)/t21-,22-,23-/m0/s1. The summed E-state index contributed by atoms with van der Waals surface area (Å²) in [6.45, 7) is 11.8. The Balaban J connectivity index is 2.84. The van der Waals surface area contributed by atoms with E-state index in [0.717, 1.165) is 5.56 Å². The zero-order valence-electron chi connectivity index (χ0n) is 21.3. The number of nitrogens with one attached hydrogen (secondary N) is 3. The van der Waals surface area contributed by atoms with E-state index in [1.807, 2.05) is 71.9 Å². The number of hydrogen-bond acceptors (Lipinski definition) is 5. The van der Waals surface area contributed by atoms with Crippen molar-refractivity contribution in [3.63, 3.8) is 0 Å². The van der Waals surface area contributed by atoms with Gasteiger partial charge in [-0.25, -0.2) is 4.79 Å². The number of amides is 3. The number of nitrogens with zero attached hydrogens (tertiary/aromatic N) is 1. The molecule has 0 aromatic heterocycles. The van der Waals surface area contributed by atoms with Gasteiger partial charge >= 0.3 is 6.09 Å². The average Bonchev–Trinajstić information content (AvgIpc) is 2.76. The molecule has 1 rings (SSSR count). The van der Waals surface area contributed by atoms with Gasteiger partial charge in [-0.05, 0) is 42.6 Å². The summed E-state index contributed by atoms with van der Waals surface area (Å²) >= 11 is 0. The minimum atomic E-state index is -0.854. The Morgan fingerprint density at radius 3 is 1.79 bits per heavy atom. The second kappa shape index (κ2) is 14.9. The minimum absolute atomic E-state index is 0.0898. The normalized spacial score (nSPS) is 13.6. The Morgan fingerprint density at radius 2 is 1.29 bits per heavy atom. The van der Waals surface area contributed by atoms with Crippen LogP contribution in [0.3, 0.4) is 0 Å². The number of carbonyl (C=O) groups is 3. The molecule has 3 amide bonds. The van der Waals surface area contributed by atoms with Crippen molar-refractivity contribution >= 4 is 17.9 Å². The zero-order chi connectivity index (χ0) is 25.7. The molecule has 8 nitrogen and oxygen atoms in total. The zero-order valence-corrected chi connectivity index (χ0v) is 21.3. The topological polar surface area (TPSA) is 120 Å². The Morgan fingerprint density at radius 1 is 0.794 bits per heavy atom. The van der Waals surface area contributed by atoms with Gasteiger partial charge in [0.1, 0.15) is 24.7 Å². The van der Waals surface area contributed by atoms with Crippen LogP contribution in [0.15, 0.2) is 30.3 Å². The fourth-order valence-electron chi connectivity index (χ4n) is 3.47. The Kier molecular flexibility index (Phi) is 12.7. The lowest BCUT2D eigenvalue weighted by Gasteiger charge is -2.26. The van der Waals surface area contributed by atoms with E-state index in [2.05, 4.69) is 22.0 Å². The molecule has 188 valence electrons. The van der Waals surface area contributed by atoms with Crippen molar-refractivity contribution in [2.75, 3.05) is 0 Å². The number of benzene rings is 1. The van der Waals surface area contributed by atoms with Crippen LogP contribution >= 0.6 is 0 Å². The van der Waals surface area contributed by atoms with Crippen LogP contribution in [0.5, 0.6) is 0 Å². The molecule has 3 atom stereocenters. The van der Waals surface area contributed by atoms with Crippen molar-refractivity contribution < 1.29 is 19.1 Å². The van der Waals surface area contributed by atoms with Gasteiger partial charge in [-0.15, -0.1) is 0 Å². The predicted molar refractivity (Wildman–Crippen MR) is 131 cm³/mol. The molecule has 0 fully saturated rings. The highest BCUT2D eigenvalue weighted by atomic mass is 16.5. The van der Waals surface area contributed by atoms with E-state index in [0.29, 0.717) is 19.3 Å². The molecule has 0 aliphatic rings. The largest absolute Gasteiger partial charge is 0.445 e. The summed E-state index contributed by atoms with van der Waals surface area (Å²) in [6, 6.07) is 9.07. The number of rotatable bonds is 13. The van der Waals surface area contributed by atoms with E-state index in [1.165, 1.54) is 0 Å². The quantitative estimate of drug-likeness (QED) is 0.402. The molecule has 0 bridgehead atoms. The van der Waals surface area contributed by atoms with Crippen LogP contribution in [0.1, 0.15) is 66.4 Å². The van der Waals surface area contributed by atoms with Crippen LogP contribution in [0.2, 0.25) is 0 Å². The molecule has 0 aliphatic carbocycles. The van der Waals surface area contributed by atoms with Crippen LogP contribution < -0.4 is 16.0 Å². The Hall–Kier alpha value is -3.08. The van der Waals surface area contributed by atoms with Gasteiger partial charge in [0.15, 0.2) is 0 Å². The first-order chi connectivity index (χ1) is 16.0. The molecule has 0 saturated carbocycles.